The fraction of sp³-hybridized carbons (Fsp3) is 0.474. The van der Waals surface area contributed by atoms with E-state index in [1.165, 1.54) is 11.3 Å². The van der Waals surface area contributed by atoms with Gasteiger partial charge in [0.25, 0.3) is 0 Å². The Morgan fingerprint density at radius 1 is 1.41 bits per heavy atom. The molecule has 0 bridgehead atoms. The first-order chi connectivity index (χ1) is 13.0. The van der Waals surface area contributed by atoms with Gasteiger partial charge in [-0.25, -0.2) is 9.78 Å². The number of urea groups is 1. The maximum absolute atomic E-state index is 11.7. The second-order valence-corrected chi connectivity index (χ2v) is 8.02. The van der Waals surface area contributed by atoms with Gasteiger partial charge in [-0.1, -0.05) is 29.9 Å². The summed E-state index contributed by atoms with van der Waals surface area (Å²) in [5.74, 6) is 0.214. The fourth-order valence-corrected chi connectivity index (χ4v) is 4.03. The molecular weight excluding hydrogens is 430 g/mol. The molecule has 0 spiro atoms. The van der Waals surface area contributed by atoms with Crippen molar-refractivity contribution in [1.29, 1.82) is 0 Å². The molecular formula is C19H26BrN3O3S. The Morgan fingerprint density at radius 2 is 2.19 bits per heavy atom. The molecule has 0 atom stereocenters. The van der Waals surface area contributed by atoms with Gasteiger partial charge in [-0.05, 0) is 55.1 Å². The molecule has 0 unspecified atom stereocenters. The first kappa shape index (κ1) is 21.7. The number of hydrogen-bond donors (Lipinski definition) is 3. The zero-order valence-electron chi connectivity index (χ0n) is 15.9. The number of hydrogen-bond acceptors (Lipinski definition) is 5. The summed E-state index contributed by atoms with van der Waals surface area (Å²) >= 11 is 4.76. The van der Waals surface area contributed by atoms with Gasteiger partial charge in [0.2, 0.25) is 0 Å². The fourth-order valence-electron chi connectivity index (χ4n) is 2.59. The van der Waals surface area contributed by atoms with Gasteiger partial charge in [0.15, 0.2) is 5.13 Å². The van der Waals surface area contributed by atoms with Crippen molar-refractivity contribution in [3.63, 3.8) is 0 Å². The Morgan fingerprint density at radius 3 is 2.89 bits per heavy atom. The lowest BCUT2D eigenvalue weighted by Gasteiger charge is -2.08. The zero-order chi connectivity index (χ0) is 19.8. The topological polar surface area (TPSA) is 83.5 Å². The maximum Gasteiger partial charge on any atom is 0.321 e. The zero-order valence-corrected chi connectivity index (χ0v) is 18.3. The van der Waals surface area contributed by atoms with E-state index < -0.39 is 0 Å². The summed E-state index contributed by atoms with van der Waals surface area (Å²) in [7, 11) is 0. The molecule has 1 heterocycles. The predicted octanol–water partition coefficient (Wildman–Crippen LogP) is 5.21. The molecule has 0 saturated heterocycles. The average Bonchev–Trinajstić information content (AvgIpc) is 3.00. The van der Waals surface area contributed by atoms with Crippen molar-refractivity contribution >= 4 is 48.6 Å². The molecule has 0 aliphatic rings. The van der Waals surface area contributed by atoms with Crippen molar-refractivity contribution in [2.24, 2.45) is 0 Å². The lowest BCUT2D eigenvalue weighted by atomic mass is 10.0. The Hall–Kier alpha value is -1.64. The van der Waals surface area contributed by atoms with Gasteiger partial charge in [0, 0.05) is 18.7 Å². The predicted molar refractivity (Wildman–Crippen MR) is 115 cm³/mol. The van der Waals surface area contributed by atoms with Gasteiger partial charge in [-0.2, -0.15) is 0 Å². The van der Waals surface area contributed by atoms with Gasteiger partial charge in [-0.3, -0.25) is 5.32 Å². The van der Waals surface area contributed by atoms with Gasteiger partial charge in [0.1, 0.15) is 5.75 Å². The molecule has 8 heteroatoms. The van der Waals surface area contributed by atoms with Crippen LogP contribution in [0, 0.1) is 0 Å². The molecule has 2 amide bonds. The number of anilines is 1. The maximum atomic E-state index is 11.7. The first-order valence-corrected chi connectivity index (χ1v) is 10.7. The number of aromatic hydroxyl groups is 1. The monoisotopic (exact) mass is 455 g/mol. The highest BCUT2D eigenvalue weighted by Crippen LogP contribution is 2.40. The Kier molecular flexibility index (Phi) is 8.53. The van der Waals surface area contributed by atoms with Gasteiger partial charge >= 0.3 is 6.03 Å². The van der Waals surface area contributed by atoms with Crippen molar-refractivity contribution < 1.29 is 14.6 Å². The van der Waals surface area contributed by atoms with Crippen LogP contribution in [0.5, 0.6) is 5.75 Å². The highest BCUT2D eigenvalue weighted by Gasteiger charge is 2.17. The van der Waals surface area contributed by atoms with E-state index in [2.05, 4.69) is 44.5 Å². The van der Waals surface area contributed by atoms with E-state index in [9.17, 15) is 9.90 Å². The number of phenolic OH excluding ortho intramolecular Hbond substituents is 1. The Labute approximate surface area is 172 Å². The molecule has 3 N–H and O–H groups in total. The lowest BCUT2D eigenvalue weighted by Crippen LogP contribution is -2.28. The van der Waals surface area contributed by atoms with E-state index in [-0.39, 0.29) is 11.8 Å². The highest BCUT2D eigenvalue weighted by molar-refractivity contribution is 9.10. The summed E-state index contributed by atoms with van der Waals surface area (Å²) in [6.07, 6.45) is 4.61. The molecule has 2 aromatic rings. The molecule has 0 fully saturated rings. The SMILES string of the molecule is CCCOCCC=C(C)Cc1c(O)c(Br)cc2nc(NC(=O)NCC)sc12. The molecule has 0 aliphatic heterocycles. The summed E-state index contributed by atoms with van der Waals surface area (Å²) in [5, 5.41) is 16.5. The van der Waals surface area contributed by atoms with E-state index >= 15 is 0 Å². The standard InChI is InChI=1S/C19H26BrN3O3S/c1-4-8-26-9-6-7-12(3)10-13-16(24)14(20)11-15-17(13)27-19(22-15)23-18(25)21-5-2/h7,11,24H,4-6,8-10H2,1-3H3,(H2,21,22,23,25). The van der Waals surface area contributed by atoms with Crippen LogP contribution in [0.4, 0.5) is 9.93 Å². The summed E-state index contributed by atoms with van der Waals surface area (Å²) in [5.41, 5.74) is 2.70. The van der Waals surface area contributed by atoms with Crippen molar-refractivity contribution in [3.05, 3.63) is 27.8 Å². The molecule has 6 nitrogen and oxygen atoms in total. The third kappa shape index (κ3) is 6.19. The molecule has 1 aromatic carbocycles. The Balaban J connectivity index is 2.21. The molecule has 0 saturated carbocycles. The van der Waals surface area contributed by atoms with Crippen LogP contribution in [-0.4, -0.2) is 35.9 Å². The van der Waals surface area contributed by atoms with Crippen LogP contribution in [0.3, 0.4) is 0 Å². The first-order valence-electron chi connectivity index (χ1n) is 9.05. The third-order valence-corrected chi connectivity index (χ3v) is 5.47. The third-order valence-electron chi connectivity index (χ3n) is 3.82. The lowest BCUT2D eigenvalue weighted by molar-refractivity contribution is 0.139. The quantitative estimate of drug-likeness (QED) is 0.357. The summed E-state index contributed by atoms with van der Waals surface area (Å²) in [4.78, 5) is 16.2. The number of benzene rings is 1. The number of phenols is 1. The van der Waals surface area contributed by atoms with Gasteiger partial charge in [0.05, 0.1) is 21.3 Å². The van der Waals surface area contributed by atoms with Crippen LogP contribution < -0.4 is 10.6 Å². The molecule has 1 aromatic heterocycles. The molecule has 2 rings (SSSR count). The van der Waals surface area contributed by atoms with Crippen molar-refractivity contribution in [2.75, 3.05) is 25.1 Å². The number of rotatable bonds is 9. The smallest absolute Gasteiger partial charge is 0.321 e. The number of nitrogens with one attached hydrogen (secondary N) is 2. The van der Waals surface area contributed by atoms with Crippen LogP contribution in [0.1, 0.15) is 39.2 Å². The van der Waals surface area contributed by atoms with E-state index in [4.69, 9.17) is 4.74 Å². The van der Waals surface area contributed by atoms with E-state index in [0.29, 0.717) is 29.2 Å². The number of thiazole rings is 1. The highest BCUT2D eigenvalue weighted by atomic mass is 79.9. The second kappa shape index (κ2) is 10.6. The van der Waals surface area contributed by atoms with Crippen LogP contribution in [0.25, 0.3) is 10.2 Å². The van der Waals surface area contributed by atoms with Crippen molar-refractivity contribution in [2.45, 2.75) is 40.0 Å². The van der Waals surface area contributed by atoms with Crippen molar-refractivity contribution in [1.82, 2.24) is 10.3 Å². The van der Waals surface area contributed by atoms with E-state index in [0.717, 1.165) is 40.8 Å². The minimum Gasteiger partial charge on any atom is -0.506 e. The van der Waals surface area contributed by atoms with E-state index in [1.54, 1.807) is 6.07 Å². The normalized spacial score (nSPS) is 11.8. The second-order valence-electron chi connectivity index (χ2n) is 6.17. The molecule has 0 radical (unpaired) electrons. The van der Waals surface area contributed by atoms with Crippen LogP contribution in [0.15, 0.2) is 22.2 Å². The van der Waals surface area contributed by atoms with Crippen LogP contribution >= 0.6 is 27.3 Å². The van der Waals surface area contributed by atoms with Crippen LogP contribution in [0.2, 0.25) is 0 Å². The number of carbonyl (C=O) groups excluding carboxylic acids is 1. The summed E-state index contributed by atoms with van der Waals surface area (Å²) in [6.45, 7) is 8.01. The number of aromatic nitrogens is 1. The van der Waals surface area contributed by atoms with Gasteiger partial charge < -0.3 is 15.2 Å². The average molecular weight is 456 g/mol. The molecule has 148 valence electrons. The van der Waals surface area contributed by atoms with Crippen molar-refractivity contribution in [3.8, 4) is 5.75 Å². The van der Waals surface area contributed by atoms with E-state index in [1.807, 2.05) is 13.8 Å². The largest absolute Gasteiger partial charge is 0.506 e. The number of halogens is 1. The summed E-state index contributed by atoms with van der Waals surface area (Å²) in [6, 6.07) is 1.48. The molecule has 0 aliphatic carbocycles. The number of nitrogens with zero attached hydrogens (tertiary/aromatic N) is 1. The minimum absolute atomic E-state index is 0.214. The Bertz CT molecular complexity index is 820. The number of ether oxygens (including phenoxy) is 1. The summed E-state index contributed by atoms with van der Waals surface area (Å²) < 4.78 is 6.97. The number of allylic oxidation sites excluding steroid dienone is 1. The van der Waals surface area contributed by atoms with Crippen LogP contribution in [-0.2, 0) is 11.2 Å². The van der Waals surface area contributed by atoms with Gasteiger partial charge in [-0.15, -0.1) is 0 Å². The number of fused-ring (bicyclic) bond motifs is 1. The number of carbonyl (C=O) groups is 1. The minimum atomic E-state index is -0.287. The number of amides is 2. The molecule has 27 heavy (non-hydrogen) atoms.